The number of carbonyl (C=O) groups is 1. The highest BCUT2D eigenvalue weighted by Gasteiger charge is 2.30. The average Bonchev–Trinajstić information content (AvgIpc) is 2.46. The Balaban J connectivity index is 2.27. The minimum atomic E-state index is -0.345. The van der Waals surface area contributed by atoms with Crippen LogP contribution in [0.15, 0.2) is 6.07 Å². The van der Waals surface area contributed by atoms with E-state index in [2.05, 4.69) is 20.6 Å². The Morgan fingerprint density at radius 2 is 2.35 bits per heavy atom. The fourth-order valence-corrected chi connectivity index (χ4v) is 2.20. The van der Waals surface area contributed by atoms with Crippen molar-refractivity contribution >= 4 is 17.7 Å². The maximum atomic E-state index is 12.1. The van der Waals surface area contributed by atoms with E-state index in [1.54, 1.807) is 7.05 Å². The van der Waals surface area contributed by atoms with Gasteiger partial charge in [-0.2, -0.15) is 4.98 Å². The molecule has 2 rings (SSSR count). The van der Waals surface area contributed by atoms with E-state index in [1.165, 1.54) is 0 Å². The number of nitrogens with zero attached hydrogens (tertiary/aromatic N) is 3. The van der Waals surface area contributed by atoms with Gasteiger partial charge in [-0.15, -0.1) is 0 Å². The van der Waals surface area contributed by atoms with Crippen LogP contribution in [0, 0.1) is 6.92 Å². The van der Waals surface area contributed by atoms with Crippen molar-refractivity contribution in [2.45, 2.75) is 19.9 Å². The number of aryl methyl sites for hydroxylation is 1. The van der Waals surface area contributed by atoms with E-state index in [4.69, 9.17) is 4.74 Å². The summed E-state index contributed by atoms with van der Waals surface area (Å²) < 4.78 is 5.43. The molecule has 1 aromatic heterocycles. The molecule has 1 aromatic rings. The number of morpholine rings is 1. The van der Waals surface area contributed by atoms with Gasteiger partial charge in [0.05, 0.1) is 13.2 Å². The third-order valence-corrected chi connectivity index (χ3v) is 3.14. The molecule has 0 spiro atoms. The Bertz CT molecular complexity index is 480. The monoisotopic (exact) mass is 279 g/mol. The van der Waals surface area contributed by atoms with E-state index in [0.29, 0.717) is 32.3 Å². The lowest BCUT2D eigenvalue weighted by atomic mass is 10.2. The van der Waals surface area contributed by atoms with Gasteiger partial charge in [-0.05, 0) is 13.8 Å². The first kappa shape index (κ1) is 14.5. The molecule has 0 saturated carbocycles. The van der Waals surface area contributed by atoms with Crippen LogP contribution in [0.5, 0.6) is 0 Å². The first-order valence-corrected chi connectivity index (χ1v) is 6.81. The lowest BCUT2D eigenvalue weighted by Gasteiger charge is -2.35. The van der Waals surface area contributed by atoms with Crippen molar-refractivity contribution in [3.05, 3.63) is 11.8 Å². The number of amides is 1. The number of likely N-dealkylation sites (N-methyl/N-ethyl adjacent to an activating group) is 1. The van der Waals surface area contributed by atoms with Crippen LogP contribution in [0.4, 0.5) is 11.8 Å². The van der Waals surface area contributed by atoms with Gasteiger partial charge >= 0.3 is 0 Å². The molecule has 1 aliphatic rings. The summed E-state index contributed by atoms with van der Waals surface area (Å²) in [5.74, 6) is 1.28. The molecule has 1 aliphatic heterocycles. The SMILES string of the molecule is CCNC(=O)C1COCCN1c1cc(C)nc(NC)n1. The third-order valence-electron chi connectivity index (χ3n) is 3.14. The lowest BCUT2D eigenvalue weighted by Crippen LogP contribution is -2.54. The molecule has 2 N–H and O–H groups in total. The molecule has 2 heterocycles. The van der Waals surface area contributed by atoms with E-state index in [1.807, 2.05) is 24.8 Å². The van der Waals surface area contributed by atoms with E-state index >= 15 is 0 Å². The second kappa shape index (κ2) is 6.51. The Kier molecular flexibility index (Phi) is 4.73. The second-order valence-electron chi connectivity index (χ2n) is 4.62. The topological polar surface area (TPSA) is 79.4 Å². The predicted molar refractivity (Wildman–Crippen MR) is 77.0 cm³/mol. The van der Waals surface area contributed by atoms with Gasteiger partial charge in [-0.25, -0.2) is 4.98 Å². The first-order chi connectivity index (χ1) is 9.65. The summed E-state index contributed by atoms with van der Waals surface area (Å²) >= 11 is 0. The number of ether oxygens (including phenoxy) is 1. The summed E-state index contributed by atoms with van der Waals surface area (Å²) in [5.41, 5.74) is 0.862. The van der Waals surface area contributed by atoms with Crippen molar-refractivity contribution in [2.75, 3.05) is 43.6 Å². The molecule has 0 bridgehead atoms. The molecular formula is C13H21N5O2. The number of carbonyl (C=O) groups excluding carboxylic acids is 1. The molecule has 0 aliphatic carbocycles. The molecule has 0 radical (unpaired) electrons. The van der Waals surface area contributed by atoms with E-state index in [0.717, 1.165) is 11.5 Å². The minimum absolute atomic E-state index is 0.0329. The zero-order valence-corrected chi connectivity index (χ0v) is 12.1. The van der Waals surface area contributed by atoms with Crippen LogP contribution in [0.1, 0.15) is 12.6 Å². The standard InChI is InChI=1S/C13H21N5O2/c1-4-15-12(19)10-8-20-6-5-18(10)11-7-9(2)16-13(14-3)17-11/h7,10H,4-6,8H2,1-3H3,(H,15,19)(H,14,16,17). The van der Waals surface area contributed by atoms with Gasteiger partial charge < -0.3 is 20.3 Å². The molecule has 0 aromatic carbocycles. The van der Waals surface area contributed by atoms with Crippen molar-refractivity contribution in [2.24, 2.45) is 0 Å². The Morgan fingerprint density at radius 3 is 3.05 bits per heavy atom. The number of aromatic nitrogens is 2. The smallest absolute Gasteiger partial charge is 0.245 e. The zero-order valence-electron chi connectivity index (χ0n) is 12.1. The molecular weight excluding hydrogens is 258 g/mol. The van der Waals surface area contributed by atoms with Gasteiger partial charge in [0.15, 0.2) is 0 Å². The molecule has 1 unspecified atom stereocenters. The van der Waals surface area contributed by atoms with E-state index < -0.39 is 0 Å². The molecule has 1 saturated heterocycles. The highest BCUT2D eigenvalue weighted by Crippen LogP contribution is 2.19. The quantitative estimate of drug-likeness (QED) is 0.818. The Morgan fingerprint density at radius 1 is 1.55 bits per heavy atom. The molecule has 7 heteroatoms. The van der Waals surface area contributed by atoms with Crippen LogP contribution >= 0.6 is 0 Å². The number of anilines is 2. The van der Waals surface area contributed by atoms with Gasteiger partial charge in [0.1, 0.15) is 11.9 Å². The first-order valence-electron chi connectivity index (χ1n) is 6.81. The molecule has 7 nitrogen and oxygen atoms in total. The largest absolute Gasteiger partial charge is 0.377 e. The molecule has 1 fully saturated rings. The summed E-state index contributed by atoms with van der Waals surface area (Å²) in [7, 11) is 1.78. The Hall–Kier alpha value is -1.89. The highest BCUT2D eigenvalue weighted by atomic mass is 16.5. The van der Waals surface area contributed by atoms with Crippen LogP contribution in [0.2, 0.25) is 0 Å². The predicted octanol–water partition coefficient (Wildman–Crippen LogP) is 0.168. The van der Waals surface area contributed by atoms with Gasteiger partial charge in [0.2, 0.25) is 11.9 Å². The van der Waals surface area contributed by atoms with Gasteiger partial charge in [0.25, 0.3) is 0 Å². The molecule has 1 atom stereocenters. The van der Waals surface area contributed by atoms with Crippen LogP contribution in [-0.4, -0.2) is 55.3 Å². The summed E-state index contributed by atoms with van der Waals surface area (Å²) in [6.07, 6.45) is 0. The maximum Gasteiger partial charge on any atom is 0.245 e. The third kappa shape index (κ3) is 3.16. The zero-order chi connectivity index (χ0) is 14.5. The molecule has 110 valence electrons. The molecule has 20 heavy (non-hydrogen) atoms. The average molecular weight is 279 g/mol. The van der Waals surface area contributed by atoms with Crippen molar-refractivity contribution in [1.82, 2.24) is 15.3 Å². The second-order valence-corrected chi connectivity index (χ2v) is 4.62. The fourth-order valence-electron chi connectivity index (χ4n) is 2.20. The van der Waals surface area contributed by atoms with Gasteiger partial charge in [-0.3, -0.25) is 4.79 Å². The highest BCUT2D eigenvalue weighted by molar-refractivity contribution is 5.85. The van der Waals surface area contributed by atoms with Crippen molar-refractivity contribution < 1.29 is 9.53 Å². The van der Waals surface area contributed by atoms with Crippen molar-refractivity contribution in [3.63, 3.8) is 0 Å². The summed E-state index contributed by atoms with van der Waals surface area (Å²) in [5, 5.41) is 5.77. The summed E-state index contributed by atoms with van der Waals surface area (Å²) in [6, 6.07) is 1.54. The molecule has 1 amide bonds. The van der Waals surface area contributed by atoms with E-state index in [-0.39, 0.29) is 11.9 Å². The van der Waals surface area contributed by atoms with Crippen LogP contribution in [0.3, 0.4) is 0 Å². The van der Waals surface area contributed by atoms with Gasteiger partial charge in [0, 0.05) is 31.9 Å². The number of nitrogens with one attached hydrogen (secondary N) is 2. The summed E-state index contributed by atoms with van der Waals surface area (Å²) in [4.78, 5) is 22.8. The van der Waals surface area contributed by atoms with Crippen LogP contribution in [0.25, 0.3) is 0 Å². The Labute approximate surface area is 118 Å². The maximum absolute atomic E-state index is 12.1. The number of hydrogen-bond acceptors (Lipinski definition) is 6. The van der Waals surface area contributed by atoms with Crippen LogP contribution in [-0.2, 0) is 9.53 Å². The van der Waals surface area contributed by atoms with Crippen LogP contribution < -0.4 is 15.5 Å². The van der Waals surface area contributed by atoms with E-state index in [9.17, 15) is 4.79 Å². The van der Waals surface area contributed by atoms with Gasteiger partial charge in [-0.1, -0.05) is 0 Å². The van der Waals surface area contributed by atoms with Crippen molar-refractivity contribution in [1.29, 1.82) is 0 Å². The number of hydrogen-bond donors (Lipinski definition) is 2. The fraction of sp³-hybridized carbons (Fsp3) is 0.615. The number of rotatable bonds is 4. The minimum Gasteiger partial charge on any atom is -0.377 e. The van der Waals surface area contributed by atoms with Crippen molar-refractivity contribution in [3.8, 4) is 0 Å². The lowest BCUT2D eigenvalue weighted by molar-refractivity contribution is -0.124. The summed E-state index contributed by atoms with van der Waals surface area (Å²) in [6.45, 7) is 6.03. The normalized spacial score (nSPS) is 18.8.